The summed E-state index contributed by atoms with van der Waals surface area (Å²) in [4.78, 5) is 0. The Morgan fingerprint density at radius 3 is 1.42 bits per heavy atom. The van der Waals surface area contributed by atoms with Crippen LogP contribution < -0.4 is 0 Å². The zero-order valence-electron chi connectivity index (χ0n) is 11.8. The molecule has 2 aromatic carbocycles. The van der Waals surface area contributed by atoms with E-state index in [4.69, 9.17) is 0 Å². The SMILES string of the molecule is Cc1ccc(CC(CO)Cc2ccc(C)cc2)cc1. The Morgan fingerprint density at radius 1 is 0.737 bits per heavy atom. The van der Waals surface area contributed by atoms with Gasteiger partial charge in [-0.25, -0.2) is 0 Å². The van der Waals surface area contributed by atoms with Gasteiger partial charge >= 0.3 is 0 Å². The van der Waals surface area contributed by atoms with E-state index in [9.17, 15) is 5.11 Å². The molecule has 100 valence electrons. The summed E-state index contributed by atoms with van der Waals surface area (Å²) in [6.45, 7) is 4.43. The highest BCUT2D eigenvalue weighted by atomic mass is 16.3. The van der Waals surface area contributed by atoms with Gasteiger partial charge in [-0.15, -0.1) is 0 Å². The van der Waals surface area contributed by atoms with Crippen LogP contribution in [-0.2, 0) is 12.8 Å². The van der Waals surface area contributed by atoms with Crippen molar-refractivity contribution in [3.63, 3.8) is 0 Å². The molecule has 1 nitrogen and oxygen atoms in total. The first-order valence-corrected chi connectivity index (χ1v) is 6.89. The van der Waals surface area contributed by atoms with Gasteiger partial charge in [-0.2, -0.15) is 0 Å². The molecule has 0 amide bonds. The predicted molar refractivity (Wildman–Crippen MR) is 80.3 cm³/mol. The van der Waals surface area contributed by atoms with Gasteiger partial charge in [0.1, 0.15) is 0 Å². The van der Waals surface area contributed by atoms with Gasteiger partial charge in [0.2, 0.25) is 0 Å². The van der Waals surface area contributed by atoms with Crippen LogP contribution in [0, 0.1) is 19.8 Å². The molecule has 1 heteroatoms. The van der Waals surface area contributed by atoms with Crippen LogP contribution in [-0.4, -0.2) is 11.7 Å². The lowest BCUT2D eigenvalue weighted by molar-refractivity contribution is 0.225. The maximum Gasteiger partial charge on any atom is 0.0465 e. The lowest BCUT2D eigenvalue weighted by atomic mass is 9.92. The molecule has 0 atom stereocenters. The minimum Gasteiger partial charge on any atom is -0.396 e. The van der Waals surface area contributed by atoms with Gasteiger partial charge in [0.05, 0.1) is 0 Å². The van der Waals surface area contributed by atoms with Gasteiger partial charge < -0.3 is 5.11 Å². The molecule has 0 saturated heterocycles. The second-order valence-corrected chi connectivity index (χ2v) is 5.43. The summed E-state index contributed by atoms with van der Waals surface area (Å²) in [6.07, 6.45) is 1.87. The summed E-state index contributed by atoms with van der Waals surface area (Å²) in [5, 5.41) is 9.56. The van der Waals surface area contributed by atoms with E-state index in [1.54, 1.807) is 0 Å². The van der Waals surface area contributed by atoms with Gasteiger partial charge in [-0.05, 0) is 43.7 Å². The molecule has 0 saturated carbocycles. The number of hydrogen-bond acceptors (Lipinski definition) is 1. The quantitative estimate of drug-likeness (QED) is 0.862. The fourth-order valence-corrected chi connectivity index (χ4v) is 2.32. The first kappa shape index (κ1) is 13.8. The van der Waals surface area contributed by atoms with Crippen LogP contribution in [0.25, 0.3) is 0 Å². The van der Waals surface area contributed by atoms with E-state index < -0.39 is 0 Å². The Kier molecular flexibility index (Phi) is 4.75. The topological polar surface area (TPSA) is 20.2 Å². The van der Waals surface area contributed by atoms with Crippen molar-refractivity contribution in [2.75, 3.05) is 6.61 Å². The smallest absolute Gasteiger partial charge is 0.0465 e. The summed E-state index contributed by atoms with van der Waals surface area (Å²) < 4.78 is 0. The minimum absolute atomic E-state index is 0.238. The Morgan fingerprint density at radius 2 is 1.11 bits per heavy atom. The van der Waals surface area contributed by atoms with Crippen LogP contribution in [0.2, 0.25) is 0 Å². The molecular formula is C18H22O. The highest BCUT2D eigenvalue weighted by Crippen LogP contribution is 2.15. The van der Waals surface area contributed by atoms with E-state index in [-0.39, 0.29) is 6.61 Å². The fraction of sp³-hybridized carbons (Fsp3) is 0.333. The van der Waals surface area contributed by atoms with Crippen LogP contribution in [0.5, 0.6) is 0 Å². The first-order valence-electron chi connectivity index (χ1n) is 6.89. The van der Waals surface area contributed by atoms with Crippen molar-refractivity contribution in [3.05, 3.63) is 70.8 Å². The Hall–Kier alpha value is -1.60. The van der Waals surface area contributed by atoms with Crippen molar-refractivity contribution in [1.82, 2.24) is 0 Å². The molecule has 0 aliphatic heterocycles. The average molecular weight is 254 g/mol. The zero-order chi connectivity index (χ0) is 13.7. The second kappa shape index (κ2) is 6.53. The summed E-state index contributed by atoms with van der Waals surface area (Å²) in [5.74, 6) is 0.297. The van der Waals surface area contributed by atoms with Crippen molar-refractivity contribution in [1.29, 1.82) is 0 Å². The van der Waals surface area contributed by atoms with Gasteiger partial charge in [-0.3, -0.25) is 0 Å². The van der Waals surface area contributed by atoms with Crippen LogP contribution in [0.3, 0.4) is 0 Å². The van der Waals surface area contributed by atoms with Crippen LogP contribution in [0.15, 0.2) is 48.5 Å². The molecule has 2 aromatic rings. The van der Waals surface area contributed by atoms with E-state index >= 15 is 0 Å². The molecule has 0 bridgehead atoms. The highest BCUT2D eigenvalue weighted by Gasteiger charge is 2.09. The number of hydrogen-bond donors (Lipinski definition) is 1. The molecule has 0 unspecified atom stereocenters. The van der Waals surface area contributed by atoms with E-state index in [2.05, 4.69) is 62.4 Å². The molecule has 0 fully saturated rings. The lowest BCUT2D eigenvalue weighted by Gasteiger charge is -2.14. The third kappa shape index (κ3) is 4.22. The monoisotopic (exact) mass is 254 g/mol. The zero-order valence-corrected chi connectivity index (χ0v) is 11.8. The van der Waals surface area contributed by atoms with Gasteiger partial charge in [-0.1, -0.05) is 59.7 Å². The van der Waals surface area contributed by atoms with Crippen LogP contribution in [0.4, 0.5) is 0 Å². The minimum atomic E-state index is 0.238. The van der Waals surface area contributed by atoms with Crippen molar-refractivity contribution in [2.24, 2.45) is 5.92 Å². The number of aliphatic hydroxyl groups is 1. The second-order valence-electron chi connectivity index (χ2n) is 5.43. The van der Waals surface area contributed by atoms with Crippen molar-refractivity contribution in [2.45, 2.75) is 26.7 Å². The number of aliphatic hydroxyl groups excluding tert-OH is 1. The molecule has 2 rings (SSSR count). The van der Waals surface area contributed by atoms with Gasteiger partial charge in [0, 0.05) is 6.61 Å². The molecule has 0 heterocycles. The van der Waals surface area contributed by atoms with E-state index in [0.717, 1.165) is 12.8 Å². The summed E-state index contributed by atoms with van der Waals surface area (Å²) in [7, 11) is 0. The maximum atomic E-state index is 9.56. The van der Waals surface area contributed by atoms with E-state index in [1.807, 2.05) is 0 Å². The molecule has 19 heavy (non-hydrogen) atoms. The standard InChI is InChI=1S/C18H22O/c1-14-3-7-16(8-4-14)11-18(13-19)12-17-9-5-15(2)6-10-17/h3-10,18-19H,11-13H2,1-2H3. The highest BCUT2D eigenvalue weighted by molar-refractivity contribution is 5.24. The summed E-state index contributed by atoms with van der Waals surface area (Å²) in [6, 6.07) is 17.2. The van der Waals surface area contributed by atoms with E-state index in [1.165, 1.54) is 22.3 Å². The largest absolute Gasteiger partial charge is 0.396 e. The van der Waals surface area contributed by atoms with Crippen LogP contribution >= 0.6 is 0 Å². The molecule has 1 N–H and O–H groups in total. The third-order valence-corrected chi connectivity index (χ3v) is 3.55. The molecule has 0 radical (unpaired) electrons. The van der Waals surface area contributed by atoms with Crippen molar-refractivity contribution < 1.29 is 5.11 Å². The van der Waals surface area contributed by atoms with Gasteiger partial charge in [0.15, 0.2) is 0 Å². The lowest BCUT2D eigenvalue weighted by Crippen LogP contribution is -2.13. The molecule has 0 aliphatic carbocycles. The Balaban J connectivity index is 2.00. The van der Waals surface area contributed by atoms with E-state index in [0.29, 0.717) is 5.92 Å². The normalized spacial score (nSPS) is 10.9. The summed E-state index contributed by atoms with van der Waals surface area (Å²) >= 11 is 0. The van der Waals surface area contributed by atoms with Gasteiger partial charge in [0.25, 0.3) is 0 Å². The fourth-order valence-electron chi connectivity index (χ4n) is 2.32. The van der Waals surface area contributed by atoms with Crippen molar-refractivity contribution in [3.8, 4) is 0 Å². The third-order valence-electron chi connectivity index (χ3n) is 3.55. The van der Waals surface area contributed by atoms with Crippen LogP contribution in [0.1, 0.15) is 22.3 Å². The molecule has 0 aromatic heterocycles. The number of aryl methyl sites for hydroxylation is 2. The number of rotatable bonds is 5. The average Bonchev–Trinajstić information content (AvgIpc) is 2.43. The Bertz CT molecular complexity index is 449. The molecule has 0 aliphatic rings. The number of benzene rings is 2. The first-order chi connectivity index (χ1) is 9.17. The van der Waals surface area contributed by atoms with Crippen molar-refractivity contribution >= 4 is 0 Å². The summed E-state index contributed by atoms with van der Waals surface area (Å²) in [5.41, 5.74) is 5.17. The molecule has 0 spiro atoms. The maximum absolute atomic E-state index is 9.56. The molecular weight excluding hydrogens is 232 g/mol. The Labute approximate surface area is 115 Å². The predicted octanol–water partition coefficient (Wildman–Crippen LogP) is 3.70.